The Labute approximate surface area is 103 Å². The van der Waals surface area contributed by atoms with Crippen LogP contribution in [0.5, 0.6) is 0 Å². The zero-order valence-corrected chi connectivity index (χ0v) is 10.8. The van der Waals surface area contributed by atoms with Gasteiger partial charge < -0.3 is 4.40 Å². The van der Waals surface area contributed by atoms with Gasteiger partial charge in [0.25, 0.3) is 0 Å². The van der Waals surface area contributed by atoms with Crippen LogP contribution < -0.4 is 0 Å². The number of aromatic nitrogens is 2. The number of pyridine rings is 1. The molecule has 0 amide bonds. The number of hydrogen-bond acceptors (Lipinski definition) is 2. The molecule has 0 bridgehead atoms. The molecule has 3 nitrogen and oxygen atoms in total. The Morgan fingerprint density at radius 1 is 1.50 bits per heavy atom. The molecule has 2 heterocycles. The second-order valence-electron chi connectivity index (χ2n) is 4.19. The zero-order valence-electron chi connectivity index (χ0n) is 9.24. The fourth-order valence-corrected chi connectivity index (χ4v) is 2.05. The van der Waals surface area contributed by atoms with Gasteiger partial charge >= 0.3 is 0 Å². The highest BCUT2D eigenvalue weighted by Gasteiger charge is 2.11. The maximum absolute atomic E-state index is 9.01. The van der Waals surface area contributed by atoms with Crippen LogP contribution in [0.1, 0.15) is 25.4 Å². The number of rotatable bonds is 2. The van der Waals surface area contributed by atoms with Crippen molar-refractivity contribution in [1.82, 2.24) is 9.38 Å². The summed E-state index contributed by atoms with van der Waals surface area (Å²) in [5.41, 5.74) is 1.38. The van der Waals surface area contributed by atoms with Gasteiger partial charge in [-0.25, -0.2) is 4.98 Å². The van der Waals surface area contributed by atoms with Gasteiger partial charge in [0.05, 0.1) is 5.52 Å². The Morgan fingerprint density at radius 2 is 2.25 bits per heavy atom. The first-order valence-corrected chi connectivity index (χ1v) is 5.97. The molecule has 0 aliphatic rings. The van der Waals surface area contributed by atoms with Gasteiger partial charge in [-0.2, -0.15) is 5.26 Å². The number of nitrogens with zero attached hydrogens (tertiary/aromatic N) is 3. The Kier molecular flexibility index (Phi) is 2.97. The van der Waals surface area contributed by atoms with Crippen LogP contribution in [0.2, 0.25) is 0 Å². The highest BCUT2D eigenvalue weighted by molar-refractivity contribution is 9.10. The third-order valence-corrected chi connectivity index (χ3v) is 2.84. The summed E-state index contributed by atoms with van der Waals surface area (Å²) in [5.74, 6) is 1.47. The van der Waals surface area contributed by atoms with Crippen molar-refractivity contribution in [2.24, 2.45) is 5.92 Å². The van der Waals surface area contributed by atoms with Crippen molar-refractivity contribution in [2.45, 2.75) is 20.3 Å². The van der Waals surface area contributed by atoms with Gasteiger partial charge in [-0.1, -0.05) is 13.8 Å². The van der Waals surface area contributed by atoms with Crippen molar-refractivity contribution in [3.8, 4) is 6.07 Å². The van der Waals surface area contributed by atoms with E-state index in [0.29, 0.717) is 11.6 Å². The molecule has 16 heavy (non-hydrogen) atoms. The maximum atomic E-state index is 9.01. The molecule has 4 heteroatoms. The lowest BCUT2D eigenvalue weighted by atomic mass is 10.1. The van der Waals surface area contributed by atoms with Crippen molar-refractivity contribution in [2.75, 3.05) is 0 Å². The van der Waals surface area contributed by atoms with Crippen LogP contribution in [0, 0.1) is 17.2 Å². The van der Waals surface area contributed by atoms with Crippen LogP contribution in [0.3, 0.4) is 0 Å². The second kappa shape index (κ2) is 4.26. The summed E-state index contributed by atoms with van der Waals surface area (Å²) in [6, 6.07) is 5.98. The molecule has 0 N–H and O–H groups in total. The van der Waals surface area contributed by atoms with Crippen molar-refractivity contribution in [3.63, 3.8) is 0 Å². The van der Waals surface area contributed by atoms with Crippen LogP contribution in [-0.4, -0.2) is 9.38 Å². The van der Waals surface area contributed by atoms with E-state index in [9.17, 15) is 0 Å². The second-order valence-corrected chi connectivity index (χ2v) is 5.10. The molecule has 0 fully saturated rings. The molecule has 2 rings (SSSR count). The number of imidazole rings is 1. The van der Waals surface area contributed by atoms with Gasteiger partial charge in [-0.05, 0) is 34.0 Å². The van der Waals surface area contributed by atoms with Gasteiger partial charge in [0.15, 0.2) is 5.69 Å². The van der Waals surface area contributed by atoms with Crippen LogP contribution in [0.25, 0.3) is 5.52 Å². The Hall–Kier alpha value is -1.34. The summed E-state index contributed by atoms with van der Waals surface area (Å²) in [7, 11) is 0. The molecule has 2 aromatic heterocycles. The van der Waals surface area contributed by atoms with Crippen molar-refractivity contribution in [3.05, 3.63) is 34.3 Å². The first-order chi connectivity index (χ1) is 7.61. The monoisotopic (exact) mass is 277 g/mol. The largest absolute Gasteiger partial charge is 0.301 e. The molecule has 0 saturated carbocycles. The predicted molar refractivity (Wildman–Crippen MR) is 66.1 cm³/mol. The number of halogens is 1. The number of hydrogen-bond donors (Lipinski definition) is 0. The smallest absolute Gasteiger partial charge is 0.166 e. The third kappa shape index (κ3) is 1.96. The van der Waals surface area contributed by atoms with E-state index in [4.69, 9.17) is 5.26 Å². The van der Waals surface area contributed by atoms with E-state index < -0.39 is 0 Å². The molecule has 0 aliphatic carbocycles. The molecular formula is C12H12BrN3. The minimum absolute atomic E-state index is 0.503. The minimum Gasteiger partial charge on any atom is -0.301 e. The minimum atomic E-state index is 0.503. The molecule has 0 radical (unpaired) electrons. The summed E-state index contributed by atoms with van der Waals surface area (Å²) in [6.45, 7) is 4.29. The molecule has 0 aliphatic heterocycles. The third-order valence-electron chi connectivity index (χ3n) is 2.37. The van der Waals surface area contributed by atoms with E-state index in [1.165, 1.54) is 0 Å². The average molecular weight is 278 g/mol. The molecule has 0 aromatic carbocycles. The fraction of sp³-hybridized carbons (Fsp3) is 0.333. The molecule has 0 unspecified atom stereocenters. The van der Waals surface area contributed by atoms with Crippen molar-refractivity contribution >= 4 is 21.4 Å². The van der Waals surface area contributed by atoms with Crippen LogP contribution >= 0.6 is 15.9 Å². The van der Waals surface area contributed by atoms with Gasteiger partial charge in [0, 0.05) is 17.1 Å². The Bertz CT molecular complexity index is 563. The lowest BCUT2D eigenvalue weighted by Crippen LogP contribution is -2.00. The van der Waals surface area contributed by atoms with E-state index in [2.05, 4.69) is 40.8 Å². The molecule has 0 saturated heterocycles. The van der Waals surface area contributed by atoms with Gasteiger partial charge in [0.2, 0.25) is 0 Å². The summed E-state index contributed by atoms with van der Waals surface area (Å²) < 4.78 is 2.98. The average Bonchev–Trinajstić information content (AvgIpc) is 2.55. The number of fused-ring (bicyclic) bond motifs is 1. The highest BCUT2D eigenvalue weighted by atomic mass is 79.9. The van der Waals surface area contributed by atoms with Crippen LogP contribution in [0.4, 0.5) is 0 Å². The molecule has 82 valence electrons. The van der Waals surface area contributed by atoms with Gasteiger partial charge in [-0.3, -0.25) is 0 Å². The van der Waals surface area contributed by atoms with E-state index in [0.717, 1.165) is 22.2 Å². The fourth-order valence-electron chi connectivity index (χ4n) is 1.71. The van der Waals surface area contributed by atoms with Crippen molar-refractivity contribution < 1.29 is 0 Å². The Balaban J connectivity index is 2.65. The first kappa shape index (κ1) is 11.2. The Morgan fingerprint density at radius 3 is 2.88 bits per heavy atom. The summed E-state index contributed by atoms with van der Waals surface area (Å²) >= 11 is 3.43. The quantitative estimate of drug-likeness (QED) is 0.846. The van der Waals surface area contributed by atoms with Crippen LogP contribution in [-0.2, 0) is 6.42 Å². The lowest BCUT2D eigenvalue weighted by Gasteiger charge is -2.03. The number of nitriles is 1. The van der Waals surface area contributed by atoms with E-state index in [-0.39, 0.29) is 0 Å². The predicted octanol–water partition coefficient (Wildman–Crippen LogP) is 3.17. The van der Waals surface area contributed by atoms with Gasteiger partial charge in [0.1, 0.15) is 11.9 Å². The zero-order chi connectivity index (χ0) is 11.7. The summed E-state index contributed by atoms with van der Waals surface area (Å²) in [5, 5.41) is 9.01. The highest BCUT2D eigenvalue weighted by Crippen LogP contribution is 2.19. The maximum Gasteiger partial charge on any atom is 0.166 e. The molecule has 2 aromatic rings. The van der Waals surface area contributed by atoms with Crippen LogP contribution in [0.15, 0.2) is 22.8 Å². The standard InChI is InChI=1S/C12H12BrN3/c1-8(2)5-12-15-10(6-14)11-4-3-9(13)7-16(11)12/h3-4,7-8H,5H2,1-2H3. The van der Waals surface area contributed by atoms with Gasteiger partial charge in [-0.15, -0.1) is 0 Å². The first-order valence-electron chi connectivity index (χ1n) is 5.18. The molecular weight excluding hydrogens is 266 g/mol. The lowest BCUT2D eigenvalue weighted by molar-refractivity contribution is 0.619. The molecule has 0 spiro atoms. The topological polar surface area (TPSA) is 41.1 Å². The van der Waals surface area contributed by atoms with E-state index >= 15 is 0 Å². The summed E-state index contributed by atoms with van der Waals surface area (Å²) in [4.78, 5) is 4.37. The van der Waals surface area contributed by atoms with E-state index in [1.807, 2.05) is 22.7 Å². The SMILES string of the molecule is CC(C)Cc1nc(C#N)c2ccc(Br)cn12. The molecule has 0 atom stereocenters. The normalized spacial score (nSPS) is 10.9. The van der Waals surface area contributed by atoms with Crippen molar-refractivity contribution in [1.29, 1.82) is 5.26 Å². The van der Waals surface area contributed by atoms with E-state index in [1.54, 1.807) is 0 Å². The summed E-state index contributed by atoms with van der Waals surface area (Å²) in [6.07, 6.45) is 2.83.